The molecule has 0 unspecified atom stereocenters. The fraction of sp³-hybridized carbons (Fsp3) is 0.400. The Bertz CT molecular complexity index is 678. The predicted molar refractivity (Wildman–Crippen MR) is 91.3 cm³/mol. The van der Waals surface area contributed by atoms with E-state index in [-0.39, 0.29) is 0 Å². The van der Waals surface area contributed by atoms with Crippen LogP contribution < -0.4 is 0 Å². The summed E-state index contributed by atoms with van der Waals surface area (Å²) in [6.07, 6.45) is 6.41. The molecule has 0 fully saturated rings. The Labute approximate surface area is 141 Å². The van der Waals surface area contributed by atoms with Crippen LogP contribution in [0.1, 0.15) is 43.7 Å². The molecule has 3 rings (SSSR count). The first-order valence-corrected chi connectivity index (χ1v) is 8.39. The molecule has 0 amide bonds. The van der Waals surface area contributed by atoms with Crippen molar-refractivity contribution in [3.63, 3.8) is 0 Å². The van der Waals surface area contributed by atoms with Crippen molar-refractivity contribution in [3.8, 4) is 0 Å². The molecule has 4 heteroatoms. The van der Waals surface area contributed by atoms with E-state index in [1.165, 1.54) is 23.3 Å². The Morgan fingerprint density at radius 3 is 2.38 bits per heavy atom. The van der Waals surface area contributed by atoms with Gasteiger partial charge < -0.3 is 4.90 Å². The quantitative estimate of drug-likeness (QED) is 0.675. The third kappa shape index (κ3) is 4.11. The van der Waals surface area contributed by atoms with Gasteiger partial charge in [-0.3, -0.25) is 0 Å². The topological polar surface area (TPSA) is 3.24 Å². The highest BCUT2D eigenvalue weighted by molar-refractivity contribution is 5.66. The van der Waals surface area contributed by atoms with Crippen molar-refractivity contribution >= 4 is 5.57 Å². The highest BCUT2D eigenvalue weighted by atomic mass is 19.4. The molecular weight excluding hydrogens is 311 g/mol. The van der Waals surface area contributed by atoms with Crippen molar-refractivity contribution in [1.29, 1.82) is 0 Å². The van der Waals surface area contributed by atoms with Crippen molar-refractivity contribution in [2.24, 2.45) is 0 Å². The molecule has 0 aromatic heterocycles. The van der Waals surface area contributed by atoms with E-state index in [1.54, 1.807) is 12.1 Å². The summed E-state index contributed by atoms with van der Waals surface area (Å²) < 4.78 is 38.0. The molecule has 0 spiro atoms. The molecule has 0 radical (unpaired) electrons. The number of hydrogen-bond donors (Lipinski definition) is 0. The lowest BCUT2D eigenvalue weighted by atomic mass is 9.96. The van der Waals surface area contributed by atoms with E-state index in [1.807, 2.05) is 0 Å². The van der Waals surface area contributed by atoms with E-state index in [0.29, 0.717) is 0 Å². The zero-order valence-corrected chi connectivity index (χ0v) is 13.9. The lowest BCUT2D eigenvalue weighted by Crippen LogP contribution is -2.25. The predicted octanol–water partition coefficient (Wildman–Crippen LogP) is 5.81. The van der Waals surface area contributed by atoms with Gasteiger partial charge in [0.1, 0.15) is 0 Å². The number of rotatable bonds is 3. The van der Waals surface area contributed by atoms with Gasteiger partial charge in [0.05, 0.1) is 5.56 Å². The molecule has 1 aliphatic heterocycles. The van der Waals surface area contributed by atoms with Gasteiger partial charge in [-0.25, -0.2) is 0 Å². The first-order valence-electron chi connectivity index (χ1n) is 8.39. The minimum absolute atomic E-state index is 0.589. The molecule has 1 aliphatic carbocycles. The van der Waals surface area contributed by atoms with Gasteiger partial charge in [0.25, 0.3) is 0 Å². The minimum Gasteiger partial charge on any atom is -0.373 e. The molecule has 0 atom stereocenters. The first kappa shape index (κ1) is 16.9. The Hall–Kier alpha value is -1.97. The molecule has 0 saturated carbocycles. The Balaban J connectivity index is 1.72. The summed E-state index contributed by atoms with van der Waals surface area (Å²) in [5, 5.41) is 0. The van der Waals surface area contributed by atoms with Crippen LogP contribution in [0.3, 0.4) is 0 Å². The SMILES string of the molecule is CC1=CC=C(CN2C=C(c3ccc(C(F)(F)F)cc3)CCC2)CC1. The molecular formula is C20H22F3N. The van der Waals surface area contributed by atoms with Crippen molar-refractivity contribution in [2.45, 2.75) is 38.8 Å². The minimum atomic E-state index is -4.27. The van der Waals surface area contributed by atoms with Crippen LogP contribution in [0.2, 0.25) is 0 Å². The van der Waals surface area contributed by atoms with E-state index >= 15 is 0 Å². The van der Waals surface area contributed by atoms with Gasteiger partial charge in [0, 0.05) is 19.3 Å². The van der Waals surface area contributed by atoms with Gasteiger partial charge in [-0.2, -0.15) is 13.2 Å². The zero-order chi connectivity index (χ0) is 17.2. The fourth-order valence-electron chi connectivity index (χ4n) is 3.22. The van der Waals surface area contributed by atoms with Gasteiger partial charge in [-0.05, 0) is 55.9 Å². The lowest BCUT2D eigenvalue weighted by Gasteiger charge is -2.29. The molecule has 1 nitrogen and oxygen atoms in total. The highest BCUT2D eigenvalue weighted by Gasteiger charge is 2.30. The van der Waals surface area contributed by atoms with Crippen molar-refractivity contribution in [3.05, 3.63) is 64.9 Å². The highest BCUT2D eigenvalue weighted by Crippen LogP contribution is 2.32. The van der Waals surface area contributed by atoms with Crippen LogP contribution in [-0.2, 0) is 6.18 Å². The second kappa shape index (κ2) is 6.88. The average Bonchev–Trinajstić information content (AvgIpc) is 2.57. The van der Waals surface area contributed by atoms with Crippen molar-refractivity contribution < 1.29 is 13.2 Å². The number of alkyl halides is 3. The maximum absolute atomic E-state index is 12.7. The molecule has 1 heterocycles. The largest absolute Gasteiger partial charge is 0.416 e. The summed E-state index contributed by atoms with van der Waals surface area (Å²) in [7, 11) is 0. The summed E-state index contributed by atoms with van der Waals surface area (Å²) in [5.74, 6) is 0. The molecule has 0 saturated heterocycles. The van der Waals surface area contributed by atoms with Gasteiger partial charge in [0.15, 0.2) is 0 Å². The number of nitrogens with zero attached hydrogens (tertiary/aromatic N) is 1. The van der Waals surface area contributed by atoms with E-state index < -0.39 is 11.7 Å². The van der Waals surface area contributed by atoms with Gasteiger partial charge in [0.2, 0.25) is 0 Å². The molecule has 1 aromatic carbocycles. The Morgan fingerprint density at radius 2 is 1.75 bits per heavy atom. The van der Waals surface area contributed by atoms with Crippen LogP contribution in [0.15, 0.2) is 53.8 Å². The standard InChI is InChI=1S/C20H22F3N/c1-15-4-6-16(7-5-15)13-24-12-2-3-18(14-24)17-8-10-19(11-9-17)20(21,22)23/h4,6,8-11,14H,2-3,5,7,12-13H2,1H3. The summed E-state index contributed by atoms with van der Waals surface area (Å²) in [6, 6.07) is 5.52. The summed E-state index contributed by atoms with van der Waals surface area (Å²) in [5.41, 5.74) is 4.26. The Morgan fingerprint density at radius 1 is 1.00 bits per heavy atom. The molecule has 0 bridgehead atoms. The van der Waals surface area contributed by atoms with Crippen molar-refractivity contribution in [2.75, 3.05) is 13.1 Å². The van der Waals surface area contributed by atoms with Crippen LogP contribution in [-0.4, -0.2) is 18.0 Å². The maximum atomic E-state index is 12.7. The maximum Gasteiger partial charge on any atom is 0.416 e. The van der Waals surface area contributed by atoms with Gasteiger partial charge in [-0.1, -0.05) is 35.4 Å². The third-order valence-electron chi connectivity index (χ3n) is 4.66. The number of hydrogen-bond acceptors (Lipinski definition) is 1. The summed E-state index contributed by atoms with van der Waals surface area (Å²) in [4.78, 5) is 2.29. The van der Waals surface area contributed by atoms with Gasteiger partial charge in [-0.15, -0.1) is 0 Å². The number of allylic oxidation sites excluding steroid dienone is 4. The van der Waals surface area contributed by atoms with E-state index in [9.17, 15) is 13.2 Å². The second-order valence-electron chi connectivity index (χ2n) is 6.64. The molecule has 2 aliphatic rings. The summed E-state index contributed by atoms with van der Waals surface area (Å²) >= 11 is 0. The smallest absolute Gasteiger partial charge is 0.373 e. The second-order valence-corrected chi connectivity index (χ2v) is 6.64. The zero-order valence-electron chi connectivity index (χ0n) is 13.9. The van der Waals surface area contributed by atoms with E-state index in [4.69, 9.17) is 0 Å². The van der Waals surface area contributed by atoms with E-state index in [2.05, 4.69) is 30.2 Å². The molecule has 24 heavy (non-hydrogen) atoms. The third-order valence-corrected chi connectivity index (χ3v) is 4.66. The first-order chi connectivity index (χ1) is 11.4. The van der Waals surface area contributed by atoms with Crippen LogP contribution in [0, 0.1) is 0 Å². The van der Waals surface area contributed by atoms with Gasteiger partial charge >= 0.3 is 6.18 Å². The van der Waals surface area contributed by atoms with E-state index in [0.717, 1.165) is 49.9 Å². The number of benzene rings is 1. The average molecular weight is 333 g/mol. The normalized spacial score (nSPS) is 18.8. The molecule has 128 valence electrons. The monoisotopic (exact) mass is 333 g/mol. The lowest BCUT2D eigenvalue weighted by molar-refractivity contribution is -0.137. The van der Waals surface area contributed by atoms with Crippen LogP contribution in [0.5, 0.6) is 0 Å². The van der Waals surface area contributed by atoms with Crippen LogP contribution >= 0.6 is 0 Å². The molecule has 1 aromatic rings. The Kier molecular flexibility index (Phi) is 4.83. The molecule has 0 N–H and O–H groups in total. The van der Waals surface area contributed by atoms with Crippen LogP contribution in [0.4, 0.5) is 13.2 Å². The number of halogens is 3. The van der Waals surface area contributed by atoms with Crippen molar-refractivity contribution in [1.82, 2.24) is 4.90 Å². The van der Waals surface area contributed by atoms with Crippen LogP contribution in [0.25, 0.3) is 5.57 Å². The fourth-order valence-corrected chi connectivity index (χ4v) is 3.22. The summed E-state index contributed by atoms with van der Waals surface area (Å²) in [6.45, 7) is 4.06.